The molecule has 0 saturated carbocycles. The Hall–Kier alpha value is -3.41. The Morgan fingerprint density at radius 1 is 0.957 bits per heavy atom. The van der Waals surface area contributed by atoms with Crippen LogP contribution < -0.4 is 5.48 Å². The van der Waals surface area contributed by atoms with Gasteiger partial charge in [-0.1, -0.05) is 67.1 Å². The molecule has 2 heterocycles. The Morgan fingerprint density at radius 2 is 1.53 bits per heavy atom. The minimum absolute atomic E-state index is 0.0441. The number of hydroxylamine groups is 1. The molecule has 4 rings (SSSR count). The number of β-lactam (4-membered cyclic amide) rings is 1. The zero-order valence-corrected chi connectivity index (χ0v) is 29.2. The molecule has 2 aliphatic heterocycles. The van der Waals surface area contributed by atoms with E-state index in [2.05, 4.69) is 5.48 Å². The molecule has 2 amide bonds. The molecule has 10 nitrogen and oxygen atoms in total. The summed E-state index contributed by atoms with van der Waals surface area (Å²) in [4.78, 5) is 72.8. The van der Waals surface area contributed by atoms with Gasteiger partial charge < -0.3 is 14.4 Å². The fourth-order valence-corrected chi connectivity index (χ4v) is 7.39. The summed E-state index contributed by atoms with van der Waals surface area (Å²) in [6.07, 6.45) is 0.151. The molecule has 0 bridgehead atoms. The molecule has 2 saturated heterocycles. The lowest BCUT2D eigenvalue weighted by molar-refractivity contribution is -0.169. The van der Waals surface area contributed by atoms with Crippen LogP contribution in [0.2, 0.25) is 0 Å². The predicted octanol–water partition coefficient (Wildman–Crippen LogP) is 5.58. The van der Waals surface area contributed by atoms with E-state index in [4.69, 9.17) is 25.9 Å². The summed E-state index contributed by atoms with van der Waals surface area (Å²) >= 11 is 7.40. The van der Waals surface area contributed by atoms with E-state index < -0.39 is 57.6 Å². The van der Waals surface area contributed by atoms with Crippen LogP contribution in [0.4, 0.5) is 0 Å². The first-order chi connectivity index (χ1) is 22.0. The minimum atomic E-state index is -1.74. The highest BCUT2D eigenvalue weighted by atomic mass is 35.5. The van der Waals surface area contributed by atoms with Gasteiger partial charge in [0.2, 0.25) is 11.1 Å². The number of hydrogen-bond acceptors (Lipinski definition) is 9. The van der Waals surface area contributed by atoms with Gasteiger partial charge in [-0.15, -0.1) is 11.8 Å². The van der Waals surface area contributed by atoms with E-state index >= 15 is 0 Å². The van der Waals surface area contributed by atoms with Crippen LogP contribution in [-0.4, -0.2) is 62.8 Å². The van der Waals surface area contributed by atoms with E-state index in [0.29, 0.717) is 12.8 Å². The molecule has 0 radical (unpaired) electrons. The second-order valence-electron chi connectivity index (χ2n) is 13.9. The lowest BCUT2D eigenvalue weighted by atomic mass is 9.84. The second-order valence-corrected chi connectivity index (χ2v) is 15.4. The maximum atomic E-state index is 13.8. The van der Waals surface area contributed by atoms with Gasteiger partial charge >= 0.3 is 11.9 Å². The fraction of sp³-hybridized carbons (Fsp3) is 0.514. The van der Waals surface area contributed by atoms with Crippen molar-refractivity contribution in [2.75, 3.05) is 12.3 Å². The van der Waals surface area contributed by atoms with Crippen LogP contribution in [-0.2, 0) is 38.3 Å². The number of thioether (sulfide) groups is 1. The number of nitrogens with zero attached hydrogens (tertiary/aromatic N) is 1. The monoisotopic (exact) mass is 686 g/mol. The molecular weight excluding hydrogens is 644 g/mol. The maximum absolute atomic E-state index is 13.8. The smallest absolute Gasteiger partial charge is 0.324 e. The van der Waals surface area contributed by atoms with Crippen molar-refractivity contribution in [3.05, 3.63) is 71.8 Å². The van der Waals surface area contributed by atoms with Crippen molar-refractivity contribution in [1.29, 1.82) is 0 Å². The van der Waals surface area contributed by atoms with Crippen molar-refractivity contribution in [2.45, 2.75) is 83.5 Å². The Kier molecular flexibility index (Phi) is 11.5. The zero-order valence-electron chi connectivity index (χ0n) is 27.6. The molecule has 0 spiro atoms. The van der Waals surface area contributed by atoms with E-state index in [-0.39, 0.29) is 30.0 Å². The van der Waals surface area contributed by atoms with Gasteiger partial charge in [0.1, 0.15) is 11.5 Å². The van der Waals surface area contributed by atoms with Gasteiger partial charge in [-0.3, -0.25) is 28.8 Å². The normalized spacial score (nSPS) is 21.7. The number of nitrogens with one attached hydrogen (secondary N) is 1. The Bertz CT molecular complexity index is 1420. The molecule has 2 fully saturated rings. The van der Waals surface area contributed by atoms with Crippen LogP contribution in [0.3, 0.4) is 0 Å². The minimum Gasteiger partial charge on any atom is -0.459 e. The molecule has 0 aromatic heterocycles. The number of amides is 2. The second kappa shape index (κ2) is 14.8. The zero-order chi connectivity index (χ0) is 34.6. The van der Waals surface area contributed by atoms with Gasteiger partial charge in [-0.2, -0.15) is 0 Å². The quantitative estimate of drug-likeness (QED) is 0.100. The third-order valence-electron chi connectivity index (χ3n) is 7.86. The van der Waals surface area contributed by atoms with Crippen LogP contribution in [0.5, 0.6) is 0 Å². The first-order valence-electron chi connectivity index (χ1n) is 15.7. The number of esters is 2. The molecule has 3 unspecified atom stereocenters. The van der Waals surface area contributed by atoms with Gasteiger partial charge in [0.25, 0.3) is 5.91 Å². The molecule has 0 aliphatic carbocycles. The number of ether oxygens (including phenoxy) is 2. The molecule has 47 heavy (non-hydrogen) atoms. The van der Waals surface area contributed by atoms with Crippen molar-refractivity contribution in [2.24, 2.45) is 17.3 Å². The van der Waals surface area contributed by atoms with Gasteiger partial charge in [0.05, 0.1) is 16.9 Å². The van der Waals surface area contributed by atoms with E-state index in [0.717, 1.165) is 11.1 Å². The Labute approximate surface area is 285 Å². The summed E-state index contributed by atoms with van der Waals surface area (Å²) in [7, 11) is 0. The SMILES string of the molecule is CC(C)(C)ONC(=O)C(CCCC1C(=O)N2CC(C(=O)Cl)(C(=O)OC(c3ccccc3)c3ccccc3)CS[C@H]12)C(=O)OC(C)(C)C. The van der Waals surface area contributed by atoms with Crippen molar-refractivity contribution >= 4 is 52.4 Å². The number of fused-ring (bicyclic) bond motifs is 1. The highest BCUT2D eigenvalue weighted by Crippen LogP contribution is 2.48. The molecule has 2 aromatic carbocycles. The van der Waals surface area contributed by atoms with Crippen LogP contribution in [0.15, 0.2) is 60.7 Å². The summed E-state index contributed by atoms with van der Waals surface area (Å²) < 4.78 is 11.5. The fourth-order valence-electron chi connectivity index (χ4n) is 5.47. The Balaban J connectivity index is 1.42. The van der Waals surface area contributed by atoms with Crippen LogP contribution >= 0.6 is 23.4 Å². The number of halogens is 1. The van der Waals surface area contributed by atoms with Crippen LogP contribution in [0, 0.1) is 17.3 Å². The molecule has 12 heteroatoms. The summed E-state index contributed by atoms with van der Waals surface area (Å²) in [6.45, 7) is 10.3. The van der Waals surface area contributed by atoms with Gasteiger partial charge in [-0.05, 0) is 77.1 Å². The number of carbonyl (C=O) groups is 5. The molecule has 4 atom stereocenters. The van der Waals surface area contributed by atoms with E-state index in [1.165, 1.54) is 16.7 Å². The van der Waals surface area contributed by atoms with Gasteiger partial charge in [0.15, 0.2) is 11.5 Å². The van der Waals surface area contributed by atoms with E-state index in [1.807, 2.05) is 60.7 Å². The lowest BCUT2D eigenvalue weighted by Crippen LogP contribution is -2.67. The molecule has 2 aromatic rings. The summed E-state index contributed by atoms with van der Waals surface area (Å²) in [6, 6.07) is 18.4. The van der Waals surface area contributed by atoms with Crippen molar-refractivity contribution in [3.8, 4) is 0 Å². The number of carbonyl (C=O) groups excluding carboxylic acids is 5. The maximum Gasteiger partial charge on any atom is 0.324 e. The van der Waals surface area contributed by atoms with Crippen LogP contribution in [0.25, 0.3) is 0 Å². The first kappa shape index (κ1) is 36.4. The summed E-state index contributed by atoms with van der Waals surface area (Å²) in [5.41, 5.74) is 0.635. The first-order valence-corrected chi connectivity index (χ1v) is 17.1. The molecule has 2 aliphatic rings. The topological polar surface area (TPSA) is 128 Å². The van der Waals surface area contributed by atoms with Crippen molar-refractivity contribution in [3.63, 3.8) is 0 Å². The van der Waals surface area contributed by atoms with Gasteiger partial charge in [0, 0.05) is 12.3 Å². The van der Waals surface area contributed by atoms with Crippen molar-refractivity contribution in [1.82, 2.24) is 10.4 Å². The Morgan fingerprint density at radius 3 is 2.04 bits per heavy atom. The largest absolute Gasteiger partial charge is 0.459 e. The van der Waals surface area contributed by atoms with Crippen LogP contribution in [0.1, 0.15) is 78.0 Å². The predicted molar refractivity (Wildman–Crippen MR) is 178 cm³/mol. The van der Waals surface area contributed by atoms with Crippen molar-refractivity contribution < 1.29 is 38.3 Å². The molecule has 1 N–H and O–H groups in total. The highest BCUT2D eigenvalue weighted by Gasteiger charge is 2.60. The van der Waals surface area contributed by atoms with E-state index in [9.17, 15) is 24.0 Å². The lowest BCUT2D eigenvalue weighted by Gasteiger charge is -2.53. The average molecular weight is 687 g/mol. The van der Waals surface area contributed by atoms with Gasteiger partial charge in [-0.25, -0.2) is 5.48 Å². The average Bonchev–Trinajstić information content (AvgIpc) is 3.01. The van der Waals surface area contributed by atoms with E-state index in [1.54, 1.807) is 41.5 Å². The third kappa shape index (κ3) is 8.94. The summed E-state index contributed by atoms with van der Waals surface area (Å²) in [5, 5.41) is -1.16. The number of hydrogen-bond donors (Lipinski definition) is 1. The standard InChI is InChI=1S/C35H43ClN2O8S/c1-33(2,3)45-30(41)24(27(39)37-46-34(4,5)6)18-13-19-25-28(40)38-20-35(31(36)42,21-47-29(25)38)32(43)44-26(22-14-9-7-10-15-22)23-16-11-8-12-17-23/h7-12,14-17,24-26,29H,13,18-21H2,1-6H3,(H,37,39)/t24?,25?,29-,35?/m1/s1. The number of rotatable bonds is 12. The molecule has 254 valence electrons. The molecular formula is C35H43ClN2O8S. The summed E-state index contributed by atoms with van der Waals surface area (Å²) in [5.74, 6) is -3.79. The highest BCUT2D eigenvalue weighted by molar-refractivity contribution is 8.00. The number of benzene rings is 2. The third-order valence-corrected chi connectivity index (χ3v) is 9.81.